The second-order valence-electron chi connectivity index (χ2n) is 6.39. The molecule has 0 unspecified atom stereocenters. The minimum absolute atomic E-state index is 1.06. The summed E-state index contributed by atoms with van der Waals surface area (Å²) in [4.78, 5) is 0. The second kappa shape index (κ2) is 7.64. The maximum Gasteiger partial charge on any atom is 0.0354 e. The van der Waals surface area contributed by atoms with Crippen LogP contribution in [0.1, 0.15) is 0 Å². The van der Waals surface area contributed by atoms with E-state index in [0.29, 0.717) is 0 Å². The Bertz CT molecular complexity index is 1260. The van der Waals surface area contributed by atoms with Gasteiger partial charge in [-0.2, -0.15) is 0 Å². The van der Waals surface area contributed by atoms with Gasteiger partial charge in [-0.1, -0.05) is 63.7 Å². The average molecular weight is 658 g/mol. The zero-order valence-corrected chi connectivity index (χ0v) is 22.1. The molecule has 0 radical (unpaired) electrons. The van der Waals surface area contributed by atoms with E-state index in [1.54, 1.807) is 22.7 Å². The third-order valence-electron chi connectivity index (χ3n) is 4.72. The van der Waals surface area contributed by atoms with Gasteiger partial charge in [-0.25, -0.2) is 0 Å². The lowest BCUT2D eigenvalue weighted by molar-refractivity contribution is 1.53. The topological polar surface area (TPSA) is 0 Å². The van der Waals surface area contributed by atoms with E-state index in [4.69, 9.17) is 0 Å². The van der Waals surface area contributed by atoms with Crippen LogP contribution in [0.15, 0.2) is 77.2 Å². The van der Waals surface area contributed by atoms with Gasteiger partial charge in [0, 0.05) is 27.3 Å². The van der Waals surface area contributed by atoms with Crippen molar-refractivity contribution in [3.05, 3.63) is 77.2 Å². The van der Waals surface area contributed by atoms with Crippen LogP contribution in [0.4, 0.5) is 0 Å². The summed E-state index contributed by atoms with van der Waals surface area (Å²) in [5, 5.41) is 6.80. The van der Waals surface area contributed by atoms with Crippen molar-refractivity contribution in [3.8, 4) is 22.3 Å². The number of fused-ring (bicyclic) bond motifs is 2. The second-order valence-corrected chi connectivity index (χ2v) is 11.7. The first-order chi connectivity index (χ1) is 13.5. The highest BCUT2D eigenvalue weighted by molar-refractivity contribution is 9.11. The molecule has 0 bridgehead atoms. The van der Waals surface area contributed by atoms with Crippen LogP contribution in [0.2, 0.25) is 0 Å². The molecule has 0 saturated carbocycles. The molecule has 2 aromatic heterocycles. The van der Waals surface area contributed by atoms with Crippen LogP contribution < -0.4 is 0 Å². The van der Waals surface area contributed by atoms with Gasteiger partial charge in [-0.3, -0.25) is 0 Å². The fourth-order valence-electron chi connectivity index (χ4n) is 3.34. The summed E-state index contributed by atoms with van der Waals surface area (Å²) < 4.78 is 6.90. The van der Waals surface area contributed by atoms with Gasteiger partial charge in [0.15, 0.2) is 0 Å². The zero-order valence-electron chi connectivity index (χ0n) is 14.1. The summed E-state index contributed by atoms with van der Waals surface area (Å²) in [7, 11) is 0. The Morgan fingerprint density at radius 2 is 0.929 bits per heavy atom. The Morgan fingerprint density at radius 1 is 0.464 bits per heavy atom. The van der Waals surface area contributed by atoms with Crippen molar-refractivity contribution in [2.24, 2.45) is 0 Å². The van der Waals surface area contributed by atoms with E-state index in [2.05, 4.69) is 123 Å². The molecule has 0 aliphatic heterocycles. The van der Waals surface area contributed by atoms with Crippen LogP contribution in [0.3, 0.4) is 0 Å². The van der Waals surface area contributed by atoms with Gasteiger partial charge in [0.05, 0.1) is 0 Å². The molecule has 138 valence electrons. The van der Waals surface area contributed by atoms with Gasteiger partial charge in [-0.15, -0.1) is 22.7 Å². The van der Waals surface area contributed by atoms with Gasteiger partial charge in [-0.05, 0) is 92.3 Å². The molecule has 0 fully saturated rings. The third kappa shape index (κ3) is 3.36. The quantitative estimate of drug-likeness (QED) is 0.177. The predicted molar refractivity (Wildman–Crippen MR) is 139 cm³/mol. The van der Waals surface area contributed by atoms with Crippen molar-refractivity contribution in [2.45, 2.75) is 0 Å². The smallest absolute Gasteiger partial charge is 0.0354 e. The van der Waals surface area contributed by atoms with Gasteiger partial charge >= 0.3 is 0 Å². The molecule has 5 rings (SSSR count). The number of hydrogen-bond acceptors (Lipinski definition) is 2. The highest BCUT2D eigenvalue weighted by Gasteiger charge is 2.16. The molecule has 0 spiro atoms. The number of hydrogen-bond donors (Lipinski definition) is 0. The molecule has 3 aromatic carbocycles. The molecule has 5 aromatic rings. The first-order valence-electron chi connectivity index (χ1n) is 8.34. The van der Waals surface area contributed by atoms with Crippen molar-refractivity contribution in [1.82, 2.24) is 0 Å². The number of halogens is 4. The maximum absolute atomic E-state index is 3.78. The molecule has 0 saturated heterocycles. The summed E-state index contributed by atoms with van der Waals surface area (Å²) >= 11 is 18.6. The van der Waals surface area contributed by atoms with Crippen molar-refractivity contribution in [2.75, 3.05) is 0 Å². The monoisotopic (exact) mass is 654 g/mol. The molecule has 6 heteroatoms. The van der Waals surface area contributed by atoms with Crippen molar-refractivity contribution in [1.29, 1.82) is 0 Å². The maximum atomic E-state index is 3.78. The van der Waals surface area contributed by atoms with Crippen LogP contribution in [-0.4, -0.2) is 0 Å². The van der Waals surface area contributed by atoms with Gasteiger partial charge in [0.1, 0.15) is 0 Å². The molecular formula is C22H10Br4S2. The predicted octanol–water partition coefficient (Wildman–Crippen LogP) is 10.5. The third-order valence-corrected chi connectivity index (χ3v) is 9.10. The van der Waals surface area contributed by atoms with E-state index in [1.165, 1.54) is 31.3 Å². The van der Waals surface area contributed by atoms with Crippen LogP contribution in [-0.2, 0) is 0 Å². The van der Waals surface area contributed by atoms with Crippen molar-refractivity contribution in [3.63, 3.8) is 0 Å². The molecule has 0 aliphatic rings. The fourth-order valence-corrected chi connectivity index (χ4v) is 7.67. The first kappa shape index (κ1) is 19.5. The van der Waals surface area contributed by atoms with Crippen molar-refractivity contribution < 1.29 is 0 Å². The summed E-state index contributed by atoms with van der Waals surface area (Å²) in [5.74, 6) is 0. The summed E-state index contributed by atoms with van der Waals surface area (Å²) in [5.41, 5.74) is 4.69. The van der Waals surface area contributed by atoms with E-state index < -0.39 is 0 Å². The highest BCUT2D eigenvalue weighted by Crippen LogP contribution is 2.44. The zero-order chi connectivity index (χ0) is 19.4. The Kier molecular flexibility index (Phi) is 5.31. The fraction of sp³-hybridized carbons (Fsp3) is 0. The van der Waals surface area contributed by atoms with E-state index in [-0.39, 0.29) is 0 Å². The normalized spacial score (nSPS) is 11.6. The number of benzene rings is 3. The van der Waals surface area contributed by atoms with Crippen LogP contribution in [0, 0.1) is 0 Å². The molecular weight excluding hydrogens is 648 g/mol. The highest BCUT2D eigenvalue weighted by atomic mass is 79.9. The molecule has 0 aliphatic carbocycles. The molecule has 0 nitrogen and oxygen atoms in total. The van der Waals surface area contributed by atoms with Crippen LogP contribution >= 0.6 is 86.4 Å². The van der Waals surface area contributed by atoms with E-state index in [1.807, 2.05) is 0 Å². The lowest BCUT2D eigenvalue weighted by atomic mass is 9.98. The number of rotatable bonds is 2. The Balaban J connectivity index is 1.76. The van der Waals surface area contributed by atoms with Crippen molar-refractivity contribution >= 4 is 107 Å². The van der Waals surface area contributed by atoms with Crippen LogP contribution in [0.5, 0.6) is 0 Å². The SMILES string of the molecule is Brc1cc(Br)c(-c2cc3sccc3cc2Br)cc1-c1cc2ccsc2cc1Br. The minimum atomic E-state index is 1.06. The standard InChI is InChI=1S/C22H10Br4S2/c23-17-6-12-2-4-27-21(12)8-16(17)15-7-14(18(24)9-19(15)25)13-5-11-1-3-28-22(11)10-20(13)26/h1-10H. The molecule has 28 heavy (non-hydrogen) atoms. The molecule has 0 N–H and O–H groups in total. The lowest BCUT2D eigenvalue weighted by Gasteiger charge is -2.14. The lowest BCUT2D eigenvalue weighted by Crippen LogP contribution is -1.88. The summed E-state index contributed by atoms with van der Waals surface area (Å²) in [6.07, 6.45) is 0. The van der Waals surface area contributed by atoms with E-state index in [0.717, 1.165) is 29.0 Å². The largest absolute Gasteiger partial charge is 0.144 e. The van der Waals surface area contributed by atoms with Gasteiger partial charge in [0.2, 0.25) is 0 Å². The Hall–Kier alpha value is -0.500. The van der Waals surface area contributed by atoms with Crippen LogP contribution in [0.25, 0.3) is 42.4 Å². The Labute approximate surface area is 204 Å². The first-order valence-corrected chi connectivity index (χ1v) is 13.3. The molecule has 2 heterocycles. The van der Waals surface area contributed by atoms with Gasteiger partial charge < -0.3 is 0 Å². The number of thiophene rings is 2. The molecule has 0 amide bonds. The van der Waals surface area contributed by atoms with E-state index >= 15 is 0 Å². The average Bonchev–Trinajstić information content (AvgIpc) is 3.29. The Morgan fingerprint density at radius 3 is 1.61 bits per heavy atom. The summed E-state index contributed by atoms with van der Waals surface area (Å²) in [6.45, 7) is 0. The minimum Gasteiger partial charge on any atom is -0.144 e. The molecule has 0 atom stereocenters. The summed E-state index contributed by atoms with van der Waals surface area (Å²) in [6, 6.07) is 17.6. The van der Waals surface area contributed by atoms with Gasteiger partial charge in [0.25, 0.3) is 0 Å². The van der Waals surface area contributed by atoms with E-state index in [9.17, 15) is 0 Å².